The standard InChI is InChI=1S/C5H6N2OS/c6-3-1-4(5(7)8)9-2-3/h1-2H,6H2,(H2,7,8). The molecule has 4 N–H and O–H groups in total. The summed E-state index contributed by atoms with van der Waals surface area (Å²) in [5.41, 5.74) is 10.9. The number of rotatable bonds is 1. The van der Waals surface area contributed by atoms with Crippen LogP contribution in [0.2, 0.25) is 0 Å². The predicted molar refractivity (Wildman–Crippen MR) is 37.2 cm³/mol. The molecule has 1 aromatic heterocycles. The fourth-order valence-corrected chi connectivity index (χ4v) is 1.13. The van der Waals surface area contributed by atoms with E-state index < -0.39 is 5.91 Å². The number of thiophene rings is 1. The number of hydrogen-bond acceptors (Lipinski definition) is 3. The van der Waals surface area contributed by atoms with Crippen LogP contribution in [-0.2, 0) is 0 Å². The third-order valence-corrected chi connectivity index (χ3v) is 1.83. The Bertz CT molecular complexity index is 231. The van der Waals surface area contributed by atoms with Crippen LogP contribution < -0.4 is 11.5 Å². The third-order valence-electron chi connectivity index (χ3n) is 0.863. The Balaban J connectivity index is 2.98. The predicted octanol–water partition coefficient (Wildman–Crippen LogP) is 0.429. The quantitative estimate of drug-likeness (QED) is 0.597. The maximum absolute atomic E-state index is 10.4. The number of carbonyl (C=O) groups is 1. The Kier molecular flexibility index (Phi) is 1.40. The van der Waals surface area contributed by atoms with Gasteiger partial charge in [0.2, 0.25) is 0 Å². The van der Waals surface area contributed by atoms with E-state index in [-0.39, 0.29) is 0 Å². The summed E-state index contributed by atoms with van der Waals surface area (Å²) < 4.78 is 0. The van der Waals surface area contributed by atoms with E-state index in [1.807, 2.05) is 0 Å². The highest BCUT2D eigenvalue weighted by atomic mass is 32.1. The number of hydrogen-bond donors (Lipinski definition) is 2. The minimum atomic E-state index is -0.420. The van der Waals surface area contributed by atoms with Gasteiger partial charge < -0.3 is 11.5 Å². The summed E-state index contributed by atoms with van der Waals surface area (Å²) in [6.07, 6.45) is 0. The SMILES string of the molecule is NC(=O)c1cc(N)cs1. The first-order valence-corrected chi connectivity index (χ1v) is 3.22. The highest BCUT2D eigenvalue weighted by molar-refractivity contribution is 7.12. The second-order valence-corrected chi connectivity index (χ2v) is 2.52. The molecule has 0 atom stereocenters. The van der Waals surface area contributed by atoms with Crippen LogP contribution in [0.15, 0.2) is 11.4 Å². The van der Waals surface area contributed by atoms with Crippen molar-refractivity contribution < 1.29 is 4.79 Å². The van der Waals surface area contributed by atoms with Crippen molar-refractivity contribution in [1.82, 2.24) is 0 Å². The average molecular weight is 142 g/mol. The molecule has 0 fully saturated rings. The summed E-state index contributed by atoms with van der Waals surface area (Å²) in [6, 6.07) is 1.56. The minimum Gasteiger partial charge on any atom is -0.398 e. The fraction of sp³-hybridized carbons (Fsp3) is 0. The molecule has 9 heavy (non-hydrogen) atoms. The summed E-state index contributed by atoms with van der Waals surface area (Å²) in [4.78, 5) is 10.9. The van der Waals surface area contributed by atoms with E-state index in [1.54, 1.807) is 11.4 Å². The van der Waals surface area contributed by atoms with Crippen molar-refractivity contribution in [3.05, 3.63) is 16.3 Å². The van der Waals surface area contributed by atoms with E-state index in [4.69, 9.17) is 11.5 Å². The van der Waals surface area contributed by atoms with E-state index in [1.165, 1.54) is 11.3 Å². The lowest BCUT2D eigenvalue weighted by Gasteiger charge is -1.81. The summed E-state index contributed by atoms with van der Waals surface area (Å²) in [5.74, 6) is -0.420. The van der Waals surface area contributed by atoms with Gasteiger partial charge in [0.15, 0.2) is 0 Å². The van der Waals surface area contributed by atoms with Crippen LogP contribution >= 0.6 is 11.3 Å². The number of amides is 1. The zero-order chi connectivity index (χ0) is 6.85. The van der Waals surface area contributed by atoms with Gasteiger partial charge in [-0.2, -0.15) is 0 Å². The Morgan fingerprint density at radius 1 is 1.67 bits per heavy atom. The van der Waals surface area contributed by atoms with E-state index in [0.717, 1.165) is 0 Å². The van der Waals surface area contributed by atoms with Crippen LogP contribution in [0, 0.1) is 0 Å². The third kappa shape index (κ3) is 1.20. The van der Waals surface area contributed by atoms with Gasteiger partial charge in [-0.05, 0) is 6.07 Å². The smallest absolute Gasteiger partial charge is 0.258 e. The number of nitrogens with two attached hydrogens (primary N) is 2. The molecule has 1 aromatic rings. The molecule has 1 rings (SSSR count). The lowest BCUT2D eigenvalue weighted by Crippen LogP contribution is -2.08. The van der Waals surface area contributed by atoms with Crippen molar-refractivity contribution in [2.45, 2.75) is 0 Å². The Morgan fingerprint density at radius 2 is 2.33 bits per heavy atom. The zero-order valence-corrected chi connectivity index (χ0v) is 5.44. The van der Waals surface area contributed by atoms with Gasteiger partial charge in [-0.15, -0.1) is 11.3 Å². The number of anilines is 1. The van der Waals surface area contributed by atoms with Crippen LogP contribution in [0.3, 0.4) is 0 Å². The molecule has 0 radical (unpaired) electrons. The molecule has 0 spiro atoms. The highest BCUT2D eigenvalue weighted by Crippen LogP contribution is 2.14. The molecule has 0 bridgehead atoms. The van der Waals surface area contributed by atoms with Crippen molar-refractivity contribution in [2.75, 3.05) is 5.73 Å². The molecule has 1 amide bonds. The van der Waals surface area contributed by atoms with Gasteiger partial charge in [0.05, 0.1) is 4.88 Å². The van der Waals surface area contributed by atoms with Crippen LogP contribution in [0.1, 0.15) is 9.67 Å². The van der Waals surface area contributed by atoms with Crippen molar-refractivity contribution in [1.29, 1.82) is 0 Å². The van der Waals surface area contributed by atoms with Gasteiger partial charge in [0, 0.05) is 11.1 Å². The normalized spacial score (nSPS) is 9.33. The molecule has 3 nitrogen and oxygen atoms in total. The van der Waals surface area contributed by atoms with E-state index in [9.17, 15) is 4.79 Å². The molecule has 0 saturated carbocycles. The van der Waals surface area contributed by atoms with Crippen molar-refractivity contribution in [3.63, 3.8) is 0 Å². The molecule has 48 valence electrons. The van der Waals surface area contributed by atoms with Crippen molar-refractivity contribution in [3.8, 4) is 0 Å². The first kappa shape index (κ1) is 6.10. The maximum atomic E-state index is 10.4. The zero-order valence-electron chi connectivity index (χ0n) is 4.63. The second-order valence-electron chi connectivity index (χ2n) is 1.61. The topological polar surface area (TPSA) is 69.1 Å². The van der Waals surface area contributed by atoms with Gasteiger partial charge >= 0.3 is 0 Å². The van der Waals surface area contributed by atoms with Crippen LogP contribution in [0.5, 0.6) is 0 Å². The summed E-state index contributed by atoms with van der Waals surface area (Å²) in [7, 11) is 0. The molecule has 4 heteroatoms. The van der Waals surface area contributed by atoms with E-state index in [2.05, 4.69) is 0 Å². The van der Waals surface area contributed by atoms with Crippen LogP contribution in [0.4, 0.5) is 5.69 Å². The van der Waals surface area contributed by atoms with Crippen molar-refractivity contribution in [2.24, 2.45) is 5.73 Å². The van der Waals surface area contributed by atoms with Gasteiger partial charge in [-0.1, -0.05) is 0 Å². The first-order chi connectivity index (χ1) is 4.20. The second kappa shape index (κ2) is 2.06. The first-order valence-electron chi connectivity index (χ1n) is 2.34. The molecule has 0 unspecified atom stereocenters. The number of nitrogen functional groups attached to an aromatic ring is 1. The minimum absolute atomic E-state index is 0.420. The number of primary amides is 1. The van der Waals surface area contributed by atoms with Gasteiger partial charge in [-0.3, -0.25) is 4.79 Å². The Hall–Kier alpha value is -1.03. The fourth-order valence-electron chi connectivity index (χ4n) is 0.480. The van der Waals surface area contributed by atoms with Gasteiger partial charge in [0.25, 0.3) is 5.91 Å². The van der Waals surface area contributed by atoms with E-state index >= 15 is 0 Å². The molecule has 0 aliphatic carbocycles. The molecule has 0 aliphatic rings. The molecular weight excluding hydrogens is 136 g/mol. The summed E-state index contributed by atoms with van der Waals surface area (Å²) in [6.45, 7) is 0. The monoisotopic (exact) mass is 142 g/mol. The van der Waals surface area contributed by atoms with E-state index in [0.29, 0.717) is 10.6 Å². The highest BCUT2D eigenvalue weighted by Gasteiger charge is 2.00. The molecule has 0 aliphatic heterocycles. The Labute approximate surface area is 56.3 Å². The molecular formula is C5H6N2OS. The Morgan fingerprint density at radius 3 is 2.56 bits per heavy atom. The molecule has 0 saturated heterocycles. The van der Waals surface area contributed by atoms with Crippen LogP contribution in [0.25, 0.3) is 0 Å². The number of carbonyl (C=O) groups excluding carboxylic acids is 1. The van der Waals surface area contributed by atoms with Gasteiger partial charge in [0.1, 0.15) is 0 Å². The lowest BCUT2D eigenvalue weighted by molar-refractivity contribution is 0.100. The summed E-state index contributed by atoms with van der Waals surface area (Å²) in [5, 5.41) is 1.68. The van der Waals surface area contributed by atoms with Crippen molar-refractivity contribution >= 4 is 22.9 Å². The molecule has 1 heterocycles. The van der Waals surface area contributed by atoms with Gasteiger partial charge in [-0.25, -0.2) is 0 Å². The largest absolute Gasteiger partial charge is 0.398 e. The summed E-state index contributed by atoms with van der Waals surface area (Å²) >= 11 is 1.26. The van der Waals surface area contributed by atoms with Crippen LogP contribution in [-0.4, -0.2) is 5.91 Å². The lowest BCUT2D eigenvalue weighted by atomic mass is 10.4. The maximum Gasteiger partial charge on any atom is 0.258 e. The average Bonchev–Trinajstić information content (AvgIpc) is 2.14. The molecule has 0 aromatic carbocycles.